The molecule has 0 N–H and O–H groups in total. The molecule has 4 heteroatoms. The summed E-state index contributed by atoms with van der Waals surface area (Å²) in [5, 5.41) is 0. The quantitative estimate of drug-likeness (QED) is 0.793. The first-order valence-electron chi connectivity index (χ1n) is 9.13. The Balaban J connectivity index is 1.85. The molecular weight excluding hydrogens is 312 g/mol. The van der Waals surface area contributed by atoms with Gasteiger partial charge in [0.1, 0.15) is 0 Å². The van der Waals surface area contributed by atoms with E-state index in [0.29, 0.717) is 12.5 Å². The van der Waals surface area contributed by atoms with E-state index in [9.17, 15) is 4.79 Å². The molecule has 25 heavy (non-hydrogen) atoms. The summed E-state index contributed by atoms with van der Waals surface area (Å²) in [7, 11) is 0. The van der Waals surface area contributed by atoms with Gasteiger partial charge in [0.25, 0.3) is 5.91 Å². The first kappa shape index (κ1) is 17.6. The van der Waals surface area contributed by atoms with E-state index in [1.165, 1.54) is 5.56 Å². The van der Waals surface area contributed by atoms with Gasteiger partial charge >= 0.3 is 0 Å². The summed E-state index contributed by atoms with van der Waals surface area (Å²) >= 11 is 0. The van der Waals surface area contributed by atoms with Crippen LogP contribution < -0.4 is 0 Å². The van der Waals surface area contributed by atoms with E-state index in [1.807, 2.05) is 42.2 Å². The second-order valence-electron chi connectivity index (χ2n) is 6.48. The lowest BCUT2D eigenvalue weighted by atomic mass is 9.96. The predicted molar refractivity (Wildman–Crippen MR) is 98.6 cm³/mol. The van der Waals surface area contributed by atoms with Crippen LogP contribution in [0.15, 0.2) is 48.8 Å². The largest absolute Gasteiger partial charge is 0.381 e. The fraction of sp³-hybridized carbons (Fsp3) is 0.429. The van der Waals surface area contributed by atoms with Crippen molar-refractivity contribution in [3.05, 3.63) is 65.5 Å². The van der Waals surface area contributed by atoms with Crippen LogP contribution >= 0.6 is 0 Å². The standard InChI is InChI=1S/C21H26N2O2/c1-3-20(16-8-11-22-12-9-16)23(4-2)21(24)18-7-5-6-17(14-18)19-10-13-25-15-19/h5-9,11-12,14,19-20H,3-4,10,13,15H2,1-2H3. The van der Waals surface area contributed by atoms with Crippen LogP contribution in [0.2, 0.25) is 0 Å². The van der Waals surface area contributed by atoms with Gasteiger partial charge in [-0.05, 0) is 55.2 Å². The smallest absolute Gasteiger partial charge is 0.254 e. The average Bonchev–Trinajstić information content (AvgIpc) is 3.21. The van der Waals surface area contributed by atoms with Crippen LogP contribution in [0.5, 0.6) is 0 Å². The molecule has 1 aliphatic heterocycles. The van der Waals surface area contributed by atoms with Crippen molar-refractivity contribution in [1.82, 2.24) is 9.88 Å². The Kier molecular flexibility index (Phi) is 5.82. The molecule has 0 bridgehead atoms. The Morgan fingerprint density at radius 2 is 2.08 bits per heavy atom. The second kappa shape index (κ2) is 8.26. The first-order chi connectivity index (χ1) is 12.2. The van der Waals surface area contributed by atoms with Crippen molar-refractivity contribution in [3.63, 3.8) is 0 Å². The molecule has 3 rings (SSSR count). The minimum absolute atomic E-state index is 0.0685. The summed E-state index contributed by atoms with van der Waals surface area (Å²) < 4.78 is 5.49. The predicted octanol–water partition coefficient (Wildman–Crippen LogP) is 4.20. The van der Waals surface area contributed by atoms with Crippen molar-refractivity contribution in [3.8, 4) is 0 Å². The molecule has 0 radical (unpaired) electrons. The summed E-state index contributed by atoms with van der Waals surface area (Å²) in [6.07, 6.45) is 5.48. The summed E-state index contributed by atoms with van der Waals surface area (Å²) in [6, 6.07) is 12.1. The van der Waals surface area contributed by atoms with Crippen LogP contribution in [-0.4, -0.2) is 35.5 Å². The van der Waals surface area contributed by atoms with Crippen molar-refractivity contribution >= 4 is 5.91 Å². The van der Waals surface area contributed by atoms with Gasteiger partial charge in [0.05, 0.1) is 12.6 Å². The van der Waals surface area contributed by atoms with Crippen LogP contribution in [-0.2, 0) is 4.74 Å². The minimum Gasteiger partial charge on any atom is -0.381 e. The molecule has 0 aliphatic carbocycles. The topological polar surface area (TPSA) is 42.4 Å². The molecule has 1 aromatic heterocycles. The monoisotopic (exact) mass is 338 g/mol. The van der Waals surface area contributed by atoms with Crippen LogP contribution in [0.25, 0.3) is 0 Å². The van der Waals surface area contributed by atoms with Gasteiger partial charge in [-0.3, -0.25) is 9.78 Å². The summed E-state index contributed by atoms with van der Waals surface area (Å²) in [5.74, 6) is 0.497. The second-order valence-corrected chi connectivity index (χ2v) is 6.48. The highest BCUT2D eigenvalue weighted by Gasteiger charge is 2.25. The molecule has 4 nitrogen and oxygen atoms in total. The van der Waals surface area contributed by atoms with Gasteiger partial charge in [-0.25, -0.2) is 0 Å². The van der Waals surface area contributed by atoms with E-state index < -0.39 is 0 Å². The summed E-state index contributed by atoms with van der Waals surface area (Å²) in [5.41, 5.74) is 3.10. The average molecular weight is 338 g/mol. The highest BCUT2D eigenvalue weighted by molar-refractivity contribution is 5.94. The van der Waals surface area contributed by atoms with Crippen LogP contribution in [0.1, 0.15) is 60.1 Å². The molecule has 0 saturated carbocycles. The van der Waals surface area contributed by atoms with Crippen molar-refractivity contribution in [2.75, 3.05) is 19.8 Å². The number of carbonyl (C=O) groups is 1. The van der Waals surface area contributed by atoms with E-state index in [1.54, 1.807) is 12.4 Å². The van der Waals surface area contributed by atoms with Crippen LogP contribution in [0.4, 0.5) is 0 Å². The number of carbonyl (C=O) groups excluding carboxylic acids is 1. The Hall–Kier alpha value is -2.20. The van der Waals surface area contributed by atoms with E-state index in [4.69, 9.17) is 4.74 Å². The zero-order valence-electron chi connectivity index (χ0n) is 15.0. The van der Waals surface area contributed by atoms with Gasteiger partial charge in [-0.1, -0.05) is 19.1 Å². The van der Waals surface area contributed by atoms with Gasteiger partial charge in [0.2, 0.25) is 0 Å². The fourth-order valence-electron chi connectivity index (χ4n) is 3.62. The number of nitrogens with zero attached hydrogens (tertiary/aromatic N) is 2. The molecular formula is C21H26N2O2. The maximum atomic E-state index is 13.2. The first-order valence-corrected chi connectivity index (χ1v) is 9.13. The molecule has 0 spiro atoms. The van der Waals surface area contributed by atoms with Crippen molar-refractivity contribution < 1.29 is 9.53 Å². The third-order valence-corrected chi connectivity index (χ3v) is 4.99. The van der Waals surface area contributed by atoms with E-state index in [2.05, 4.69) is 18.0 Å². The number of rotatable bonds is 6. The number of hydrogen-bond acceptors (Lipinski definition) is 3. The highest BCUT2D eigenvalue weighted by atomic mass is 16.5. The minimum atomic E-state index is 0.0685. The lowest BCUT2D eigenvalue weighted by molar-refractivity contribution is 0.0682. The number of ether oxygens (including phenoxy) is 1. The zero-order chi connectivity index (χ0) is 17.6. The Bertz CT molecular complexity index is 696. The number of benzene rings is 1. The van der Waals surface area contributed by atoms with Crippen molar-refractivity contribution in [2.45, 2.75) is 38.6 Å². The van der Waals surface area contributed by atoms with Gasteiger partial charge in [-0.2, -0.15) is 0 Å². The maximum absolute atomic E-state index is 13.2. The molecule has 2 aromatic rings. The van der Waals surface area contributed by atoms with Gasteiger partial charge < -0.3 is 9.64 Å². The van der Waals surface area contributed by atoms with Gasteiger partial charge in [0, 0.05) is 37.0 Å². The molecule has 1 fully saturated rings. The molecule has 2 heterocycles. The summed E-state index contributed by atoms with van der Waals surface area (Å²) in [6.45, 7) is 6.40. The molecule has 2 unspecified atom stereocenters. The van der Waals surface area contributed by atoms with Gasteiger partial charge in [-0.15, -0.1) is 0 Å². The summed E-state index contributed by atoms with van der Waals surface area (Å²) in [4.78, 5) is 19.2. The third-order valence-electron chi connectivity index (χ3n) is 4.99. The van der Waals surface area contributed by atoms with Crippen molar-refractivity contribution in [1.29, 1.82) is 0 Å². The van der Waals surface area contributed by atoms with E-state index >= 15 is 0 Å². The Morgan fingerprint density at radius 1 is 1.28 bits per heavy atom. The Labute approximate surface area is 149 Å². The van der Waals surface area contributed by atoms with Crippen LogP contribution in [0, 0.1) is 0 Å². The molecule has 1 aromatic carbocycles. The number of pyridine rings is 1. The molecule has 132 valence electrons. The van der Waals surface area contributed by atoms with E-state index in [0.717, 1.165) is 37.2 Å². The fourth-order valence-corrected chi connectivity index (χ4v) is 3.62. The molecule has 1 saturated heterocycles. The molecule has 1 amide bonds. The lowest BCUT2D eigenvalue weighted by Crippen LogP contribution is -2.34. The maximum Gasteiger partial charge on any atom is 0.254 e. The number of hydrogen-bond donors (Lipinski definition) is 0. The molecule has 2 atom stereocenters. The van der Waals surface area contributed by atoms with Crippen molar-refractivity contribution in [2.24, 2.45) is 0 Å². The zero-order valence-corrected chi connectivity index (χ0v) is 15.0. The lowest BCUT2D eigenvalue weighted by Gasteiger charge is -2.31. The Morgan fingerprint density at radius 3 is 2.72 bits per heavy atom. The number of amides is 1. The highest BCUT2D eigenvalue weighted by Crippen LogP contribution is 2.28. The van der Waals surface area contributed by atoms with Crippen LogP contribution in [0.3, 0.4) is 0 Å². The normalized spacial score (nSPS) is 18.1. The van der Waals surface area contributed by atoms with E-state index in [-0.39, 0.29) is 11.9 Å². The number of aromatic nitrogens is 1. The third kappa shape index (κ3) is 3.90. The SMILES string of the molecule is CCC(c1ccncc1)N(CC)C(=O)c1cccc(C2CCOC2)c1. The van der Waals surface area contributed by atoms with Gasteiger partial charge in [0.15, 0.2) is 0 Å². The molecule has 1 aliphatic rings.